The van der Waals surface area contributed by atoms with Crippen molar-refractivity contribution in [2.45, 2.75) is 6.18 Å². The van der Waals surface area contributed by atoms with Crippen LogP contribution >= 0.6 is 11.6 Å². The lowest BCUT2D eigenvalue weighted by Crippen LogP contribution is -2.35. The average molecular weight is 292 g/mol. The number of benzene rings is 1. The summed E-state index contributed by atoms with van der Waals surface area (Å²) in [4.78, 5) is 11.3. The van der Waals surface area contributed by atoms with Crippen molar-refractivity contribution in [1.82, 2.24) is 5.32 Å². The zero-order valence-corrected chi connectivity index (χ0v) is 10.3. The summed E-state index contributed by atoms with van der Waals surface area (Å²) in [6.45, 7) is -1.74. The molecule has 0 saturated heterocycles. The van der Waals surface area contributed by atoms with Crippen LogP contribution in [0.4, 0.5) is 18.9 Å². The van der Waals surface area contributed by atoms with E-state index in [4.69, 9.17) is 16.9 Å². The number of halogens is 4. The number of carbonyl (C=O) groups excluding carboxylic acids is 1. The number of carbonyl (C=O) groups is 1. The van der Waals surface area contributed by atoms with Gasteiger partial charge in [0.2, 0.25) is 5.91 Å². The Bertz CT molecular complexity index is 511. The zero-order valence-electron chi connectivity index (χ0n) is 9.51. The van der Waals surface area contributed by atoms with E-state index in [9.17, 15) is 18.0 Å². The molecule has 1 amide bonds. The van der Waals surface area contributed by atoms with Crippen LogP contribution in [0.3, 0.4) is 0 Å². The van der Waals surface area contributed by atoms with E-state index in [0.29, 0.717) is 5.56 Å². The van der Waals surface area contributed by atoms with Gasteiger partial charge < -0.3 is 10.6 Å². The Labute approximate surface area is 112 Å². The second-order valence-electron chi connectivity index (χ2n) is 3.57. The SMILES string of the molecule is N#Cc1ccc(NC(=O)CNCC(F)(F)F)c(Cl)c1. The highest BCUT2D eigenvalue weighted by molar-refractivity contribution is 6.33. The molecule has 0 radical (unpaired) electrons. The van der Waals surface area contributed by atoms with Crippen LogP contribution in [0.15, 0.2) is 18.2 Å². The van der Waals surface area contributed by atoms with E-state index in [1.807, 2.05) is 11.4 Å². The minimum Gasteiger partial charge on any atom is -0.324 e. The molecule has 0 atom stereocenters. The molecule has 0 unspecified atom stereocenters. The molecule has 0 aromatic heterocycles. The molecule has 0 saturated carbocycles. The summed E-state index contributed by atoms with van der Waals surface area (Å²) in [6, 6.07) is 6.05. The maximum atomic E-state index is 11.8. The molecular formula is C11H9ClF3N3O. The molecule has 1 rings (SSSR count). The fourth-order valence-corrected chi connectivity index (χ4v) is 1.43. The molecule has 0 fully saturated rings. The van der Waals surface area contributed by atoms with Crippen LogP contribution in [0.2, 0.25) is 5.02 Å². The van der Waals surface area contributed by atoms with E-state index in [1.54, 1.807) is 0 Å². The van der Waals surface area contributed by atoms with Crippen LogP contribution in [0.5, 0.6) is 0 Å². The topological polar surface area (TPSA) is 64.9 Å². The standard InChI is InChI=1S/C11H9ClF3N3O/c12-8-3-7(4-16)1-2-9(8)18-10(19)5-17-6-11(13,14)15/h1-3,17H,5-6H2,(H,18,19). The van der Waals surface area contributed by atoms with Crippen LogP contribution in [-0.2, 0) is 4.79 Å². The summed E-state index contributed by atoms with van der Waals surface area (Å²) in [6.07, 6.45) is -4.37. The number of hydrogen-bond donors (Lipinski definition) is 2. The molecule has 8 heteroatoms. The first kappa shape index (κ1) is 15.3. The number of hydrogen-bond acceptors (Lipinski definition) is 3. The highest BCUT2D eigenvalue weighted by Crippen LogP contribution is 2.22. The summed E-state index contributed by atoms with van der Waals surface area (Å²) >= 11 is 5.79. The van der Waals surface area contributed by atoms with E-state index >= 15 is 0 Å². The van der Waals surface area contributed by atoms with Gasteiger partial charge >= 0.3 is 6.18 Å². The van der Waals surface area contributed by atoms with Gasteiger partial charge in [-0.25, -0.2) is 0 Å². The van der Waals surface area contributed by atoms with Gasteiger partial charge in [0.05, 0.1) is 35.4 Å². The van der Waals surface area contributed by atoms with Gasteiger partial charge in [-0.05, 0) is 18.2 Å². The number of rotatable bonds is 4. The van der Waals surface area contributed by atoms with Gasteiger partial charge in [0.25, 0.3) is 0 Å². The van der Waals surface area contributed by atoms with Crippen LogP contribution in [0.1, 0.15) is 5.56 Å². The Balaban J connectivity index is 2.51. The summed E-state index contributed by atoms with van der Waals surface area (Å²) in [5, 5.41) is 13.0. The predicted molar refractivity (Wildman–Crippen MR) is 63.7 cm³/mol. The highest BCUT2D eigenvalue weighted by Gasteiger charge is 2.26. The summed E-state index contributed by atoms with van der Waals surface area (Å²) in [5.74, 6) is -0.657. The third-order valence-electron chi connectivity index (χ3n) is 1.98. The molecule has 1 aromatic carbocycles. The van der Waals surface area contributed by atoms with Crippen molar-refractivity contribution in [3.8, 4) is 6.07 Å². The molecule has 0 bridgehead atoms. The Morgan fingerprint density at radius 1 is 1.42 bits per heavy atom. The molecule has 1 aromatic rings. The minimum atomic E-state index is -4.37. The first-order chi connectivity index (χ1) is 8.81. The predicted octanol–water partition coefficient (Wildman–Crippen LogP) is 2.30. The van der Waals surface area contributed by atoms with Crippen molar-refractivity contribution in [2.75, 3.05) is 18.4 Å². The molecule has 0 heterocycles. The maximum absolute atomic E-state index is 11.8. The summed E-state index contributed by atoms with van der Waals surface area (Å²) < 4.78 is 35.5. The van der Waals surface area contributed by atoms with Gasteiger partial charge in [-0.3, -0.25) is 4.79 Å². The molecule has 102 valence electrons. The lowest BCUT2D eigenvalue weighted by molar-refractivity contribution is -0.126. The quantitative estimate of drug-likeness (QED) is 0.894. The van der Waals surface area contributed by atoms with Crippen LogP contribution in [-0.4, -0.2) is 25.2 Å². The first-order valence-electron chi connectivity index (χ1n) is 5.09. The van der Waals surface area contributed by atoms with E-state index in [1.165, 1.54) is 18.2 Å². The molecule has 0 aliphatic carbocycles. The number of alkyl halides is 3. The van der Waals surface area contributed by atoms with Crippen molar-refractivity contribution in [3.05, 3.63) is 28.8 Å². The van der Waals surface area contributed by atoms with Gasteiger partial charge in [-0.2, -0.15) is 18.4 Å². The molecule has 0 aliphatic rings. The normalized spacial score (nSPS) is 10.9. The number of anilines is 1. The van der Waals surface area contributed by atoms with Gasteiger partial charge in [0, 0.05) is 0 Å². The largest absolute Gasteiger partial charge is 0.401 e. The Morgan fingerprint density at radius 3 is 2.63 bits per heavy atom. The van der Waals surface area contributed by atoms with Gasteiger partial charge in [0.15, 0.2) is 0 Å². The van der Waals surface area contributed by atoms with E-state index < -0.39 is 25.2 Å². The van der Waals surface area contributed by atoms with Gasteiger partial charge in [0.1, 0.15) is 0 Å². The van der Waals surface area contributed by atoms with E-state index in [-0.39, 0.29) is 10.7 Å². The number of amides is 1. The highest BCUT2D eigenvalue weighted by atomic mass is 35.5. The van der Waals surface area contributed by atoms with Crippen molar-refractivity contribution >= 4 is 23.2 Å². The minimum absolute atomic E-state index is 0.142. The number of nitrogens with one attached hydrogen (secondary N) is 2. The van der Waals surface area contributed by atoms with Crippen molar-refractivity contribution in [2.24, 2.45) is 0 Å². The van der Waals surface area contributed by atoms with Crippen LogP contribution < -0.4 is 10.6 Å². The Hall–Kier alpha value is -1.78. The van der Waals surface area contributed by atoms with Gasteiger partial charge in [-0.15, -0.1) is 0 Å². The first-order valence-corrected chi connectivity index (χ1v) is 5.46. The Kier molecular flexibility index (Phi) is 5.15. The molecule has 0 aliphatic heterocycles. The zero-order chi connectivity index (χ0) is 14.5. The van der Waals surface area contributed by atoms with Crippen molar-refractivity contribution in [3.63, 3.8) is 0 Å². The second-order valence-corrected chi connectivity index (χ2v) is 3.98. The average Bonchev–Trinajstić information content (AvgIpc) is 2.30. The second kappa shape index (κ2) is 6.41. The lowest BCUT2D eigenvalue weighted by atomic mass is 10.2. The van der Waals surface area contributed by atoms with E-state index in [2.05, 4.69) is 5.32 Å². The molecular weight excluding hydrogens is 283 g/mol. The maximum Gasteiger partial charge on any atom is 0.401 e. The fraction of sp³-hybridized carbons (Fsp3) is 0.273. The third kappa shape index (κ3) is 5.59. The molecule has 4 nitrogen and oxygen atoms in total. The van der Waals surface area contributed by atoms with E-state index in [0.717, 1.165) is 0 Å². The number of nitriles is 1. The fourth-order valence-electron chi connectivity index (χ4n) is 1.20. The summed E-state index contributed by atoms with van der Waals surface area (Å²) in [7, 11) is 0. The van der Waals surface area contributed by atoms with Crippen LogP contribution in [0, 0.1) is 11.3 Å². The number of nitrogens with zero attached hydrogens (tertiary/aromatic N) is 1. The van der Waals surface area contributed by atoms with Crippen molar-refractivity contribution in [1.29, 1.82) is 5.26 Å². The Morgan fingerprint density at radius 2 is 2.11 bits per heavy atom. The smallest absolute Gasteiger partial charge is 0.324 e. The summed E-state index contributed by atoms with van der Waals surface area (Å²) in [5.41, 5.74) is 0.553. The molecule has 0 spiro atoms. The molecule has 2 N–H and O–H groups in total. The monoisotopic (exact) mass is 291 g/mol. The molecule has 19 heavy (non-hydrogen) atoms. The lowest BCUT2D eigenvalue weighted by Gasteiger charge is -2.09. The third-order valence-corrected chi connectivity index (χ3v) is 2.30. The van der Waals surface area contributed by atoms with Crippen LogP contribution in [0.25, 0.3) is 0 Å². The van der Waals surface area contributed by atoms with Gasteiger partial charge in [-0.1, -0.05) is 11.6 Å². The van der Waals surface area contributed by atoms with Crippen molar-refractivity contribution < 1.29 is 18.0 Å².